The molecule has 1 aromatic heterocycles. The molecule has 3 heteroatoms. The molecular weight excluding hydrogens is 262 g/mol. The van der Waals surface area contributed by atoms with Gasteiger partial charge in [-0.2, -0.15) is 0 Å². The summed E-state index contributed by atoms with van der Waals surface area (Å²) in [5.74, 6) is 0.291. The fourth-order valence-electron chi connectivity index (χ4n) is 2.51. The van der Waals surface area contributed by atoms with Gasteiger partial charge in [-0.3, -0.25) is 0 Å². The van der Waals surface area contributed by atoms with E-state index in [-0.39, 0.29) is 6.61 Å². The molecule has 0 radical (unpaired) electrons. The Morgan fingerprint density at radius 1 is 0.952 bits per heavy atom. The number of phenolic OH excluding ortho intramolecular Hbond substituents is 1. The number of rotatable bonds is 2. The highest BCUT2D eigenvalue weighted by Crippen LogP contribution is 2.28. The Morgan fingerprint density at radius 3 is 2.48 bits per heavy atom. The minimum absolute atomic E-state index is 0.0131. The van der Waals surface area contributed by atoms with Crippen molar-refractivity contribution in [3.05, 3.63) is 59.2 Å². The number of benzene rings is 2. The van der Waals surface area contributed by atoms with Gasteiger partial charge in [-0.05, 0) is 60.9 Å². The number of pyridine rings is 1. The van der Waals surface area contributed by atoms with Crippen LogP contribution < -0.4 is 0 Å². The van der Waals surface area contributed by atoms with Crippen molar-refractivity contribution in [2.24, 2.45) is 0 Å². The van der Waals surface area contributed by atoms with Crippen LogP contribution in [-0.2, 0) is 6.61 Å². The summed E-state index contributed by atoms with van der Waals surface area (Å²) >= 11 is 0. The third-order valence-electron chi connectivity index (χ3n) is 3.76. The summed E-state index contributed by atoms with van der Waals surface area (Å²) in [7, 11) is 0. The van der Waals surface area contributed by atoms with Crippen molar-refractivity contribution in [1.29, 1.82) is 0 Å². The van der Waals surface area contributed by atoms with Crippen molar-refractivity contribution in [2.75, 3.05) is 0 Å². The summed E-state index contributed by atoms with van der Waals surface area (Å²) < 4.78 is 0. The molecule has 0 amide bonds. The van der Waals surface area contributed by atoms with Crippen LogP contribution in [-0.4, -0.2) is 15.2 Å². The fraction of sp³-hybridized carbons (Fsp3) is 0.167. The number of nitrogens with zero attached hydrogens (tertiary/aromatic N) is 1. The van der Waals surface area contributed by atoms with Crippen LogP contribution in [0.1, 0.15) is 16.7 Å². The van der Waals surface area contributed by atoms with Crippen molar-refractivity contribution in [3.63, 3.8) is 0 Å². The van der Waals surface area contributed by atoms with Crippen LogP contribution >= 0.6 is 0 Å². The smallest absolute Gasteiger partial charge is 0.118 e. The first-order chi connectivity index (χ1) is 10.1. The molecule has 1 heterocycles. The maximum atomic E-state index is 9.64. The molecule has 0 saturated carbocycles. The number of hydrogen-bond donors (Lipinski definition) is 2. The predicted octanol–water partition coefficient (Wildman–Crippen LogP) is 3.72. The lowest BCUT2D eigenvalue weighted by Gasteiger charge is -2.09. The van der Waals surface area contributed by atoms with E-state index in [1.807, 2.05) is 43.3 Å². The summed E-state index contributed by atoms with van der Waals surface area (Å²) in [5.41, 5.74) is 5.56. The molecule has 0 aliphatic carbocycles. The zero-order valence-corrected chi connectivity index (χ0v) is 12.1. The quantitative estimate of drug-likeness (QED) is 0.751. The largest absolute Gasteiger partial charge is 0.508 e. The van der Waals surface area contributed by atoms with Gasteiger partial charge in [0.05, 0.1) is 17.8 Å². The molecule has 0 saturated heterocycles. The molecule has 0 aliphatic rings. The SMILES string of the molecule is Cc1cc(-c2cc(C)c3ccc(CO)cc3n2)ccc1O. The summed E-state index contributed by atoms with van der Waals surface area (Å²) in [6.07, 6.45) is 0. The standard InChI is InChI=1S/C18H17NO2/c1-11-8-16(14-4-6-18(21)12(2)7-14)19-17-9-13(10-20)3-5-15(11)17/h3-9,20-21H,10H2,1-2H3. The second-order valence-electron chi connectivity index (χ2n) is 5.34. The number of phenols is 1. The van der Waals surface area contributed by atoms with E-state index in [2.05, 4.69) is 6.92 Å². The van der Waals surface area contributed by atoms with Gasteiger partial charge in [0.25, 0.3) is 0 Å². The highest BCUT2D eigenvalue weighted by atomic mass is 16.3. The molecule has 3 aromatic rings. The van der Waals surface area contributed by atoms with E-state index in [4.69, 9.17) is 4.98 Å². The van der Waals surface area contributed by atoms with Crippen molar-refractivity contribution in [2.45, 2.75) is 20.5 Å². The van der Waals surface area contributed by atoms with Gasteiger partial charge in [0.2, 0.25) is 0 Å². The molecule has 2 N–H and O–H groups in total. The van der Waals surface area contributed by atoms with Gasteiger partial charge in [0.1, 0.15) is 5.75 Å². The summed E-state index contributed by atoms with van der Waals surface area (Å²) in [6, 6.07) is 13.4. The molecule has 0 aliphatic heterocycles. The number of aryl methyl sites for hydroxylation is 2. The maximum absolute atomic E-state index is 9.64. The van der Waals surface area contributed by atoms with Crippen LogP contribution in [0.15, 0.2) is 42.5 Å². The Hall–Kier alpha value is -2.39. The van der Waals surface area contributed by atoms with E-state index in [9.17, 15) is 10.2 Å². The molecule has 106 valence electrons. The summed E-state index contributed by atoms with van der Waals surface area (Å²) in [6.45, 7) is 3.94. The van der Waals surface area contributed by atoms with Gasteiger partial charge in [0, 0.05) is 10.9 Å². The highest BCUT2D eigenvalue weighted by molar-refractivity contribution is 5.85. The Kier molecular flexibility index (Phi) is 3.35. The van der Waals surface area contributed by atoms with E-state index < -0.39 is 0 Å². The average molecular weight is 279 g/mol. The fourth-order valence-corrected chi connectivity index (χ4v) is 2.51. The average Bonchev–Trinajstić information content (AvgIpc) is 2.49. The Balaban J connectivity index is 2.20. The van der Waals surface area contributed by atoms with E-state index in [0.29, 0.717) is 5.75 Å². The van der Waals surface area contributed by atoms with Crippen LogP contribution in [0.5, 0.6) is 5.75 Å². The van der Waals surface area contributed by atoms with Gasteiger partial charge in [-0.1, -0.05) is 12.1 Å². The molecule has 2 aromatic carbocycles. The summed E-state index contributed by atoms with van der Waals surface area (Å²) in [5, 5.41) is 20.0. The normalized spacial score (nSPS) is 11.0. The third kappa shape index (κ3) is 2.48. The first-order valence-electron chi connectivity index (χ1n) is 6.89. The Labute approximate surface area is 123 Å². The first kappa shape index (κ1) is 13.6. The number of aliphatic hydroxyl groups excluding tert-OH is 1. The minimum atomic E-state index is 0.0131. The summed E-state index contributed by atoms with van der Waals surface area (Å²) in [4.78, 5) is 4.69. The van der Waals surface area contributed by atoms with Gasteiger partial charge in [0.15, 0.2) is 0 Å². The van der Waals surface area contributed by atoms with Crippen LogP contribution in [0, 0.1) is 13.8 Å². The van der Waals surface area contributed by atoms with E-state index >= 15 is 0 Å². The monoisotopic (exact) mass is 279 g/mol. The highest BCUT2D eigenvalue weighted by Gasteiger charge is 2.07. The number of aliphatic hydroxyl groups is 1. The number of aromatic nitrogens is 1. The molecule has 0 bridgehead atoms. The van der Waals surface area contributed by atoms with Crippen molar-refractivity contribution in [1.82, 2.24) is 4.98 Å². The lowest BCUT2D eigenvalue weighted by molar-refractivity contribution is 0.282. The third-order valence-corrected chi connectivity index (χ3v) is 3.76. The van der Waals surface area contributed by atoms with Gasteiger partial charge >= 0.3 is 0 Å². The second-order valence-corrected chi connectivity index (χ2v) is 5.34. The number of hydrogen-bond acceptors (Lipinski definition) is 3. The molecule has 21 heavy (non-hydrogen) atoms. The van der Waals surface area contributed by atoms with Crippen LogP contribution in [0.2, 0.25) is 0 Å². The van der Waals surface area contributed by atoms with E-state index in [1.54, 1.807) is 6.07 Å². The first-order valence-corrected chi connectivity index (χ1v) is 6.89. The van der Waals surface area contributed by atoms with Crippen molar-refractivity contribution in [3.8, 4) is 17.0 Å². The second kappa shape index (κ2) is 5.19. The molecule has 3 nitrogen and oxygen atoms in total. The number of aromatic hydroxyl groups is 1. The van der Waals surface area contributed by atoms with E-state index in [1.165, 1.54) is 0 Å². The molecular formula is C18H17NO2. The number of fused-ring (bicyclic) bond motifs is 1. The van der Waals surface area contributed by atoms with Crippen molar-refractivity contribution < 1.29 is 10.2 Å². The molecule has 0 spiro atoms. The zero-order valence-electron chi connectivity index (χ0n) is 12.1. The van der Waals surface area contributed by atoms with Gasteiger partial charge < -0.3 is 10.2 Å². The maximum Gasteiger partial charge on any atom is 0.118 e. The zero-order chi connectivity index (χ0) is 15.0. The molecule has 0 unspecified atom stereocenters. The van der Waals surface area contributed by atoms with Crippen LogP contribution in [0.4, 0.5) is 0 Å². The van der Waals surface area contributed by atoms with E-state index in [0.717, 1.165) is 38.9 Å². The van der Waals surface area contributed by atoms with Crippen molar-refractivity contribution >= 4 is 10.9 Å². The predicted molar refractivity (Wildman–Crippen MR) is 84.2 cm³/mol. The minimum Gasteiger partial charge on any atom is -0.508 e. The van der Waals surface area contributed by atoms with Crippen LogP contribution in [0.25, 0.3) is 22.2 Å². The van der Waals surface area contributed by atoms with Crippen LogP contribution in [0.3, 0.4) is 0 Å². The lowest BCUT2D eigenvalue weighted by Crippen LogP contribution is -1.91. The molecule has 0 atom stereocenters. The van der Waals surface area contributed by atoms with Gasteiger partial charge in [-0.25, -0.2) is 4.98 Å². The molecule has 0 fully saturated rings. The molecule has 3 rings (SSSR count). The Morgan fingerprint density at radius 2 is 1.76 bits per heavy atom. The Bertz CT molecular complexity index is 825. The topological polar surface area (TPSA) is 53.4 Å². The lowest BCUT2D eigenvalue weighted by atomic mass is 10.0. The van der Waals surface area contributed by atoms with Gasteiger partial charge in [-0.15, -0.1) is 0 Å².